The molecule has 0 radical (unpaired) electrons. The lowest BCUT2D eigenvalue weighted by Crippen LogP contribution is -2.31. The van der Waals surface area contributed by atoms with Crippen molar-refractivity contribution in [2.75, 3.05) is 32.1 Å². The van der Waals surface area contributed by atoms with E-state index in [0.717, 1.165) is 5.56 Å². The number of aromatic nitrogens is 2. The molecule has 2 N–H and O–H groups in total. The van der Waals surface area contributed by atoms with Crippen LogP contribution >= 0.6 is 0 Å². The van der Waals surface area contributed by atoms with Crippen molar-refractivity contribution in [1.29, 1.82) is 0 Å². The normalized spacial score (nSPS) is 14.1. The van der Waals surface area contributed by atoms with Crippen LogP contribution in [0.1, 0.15) is 5.89 Å². The number of ether oxygens (including phenoxy) is 1. The molecular formula is C17H18N4O5. The van der Waals surface area contributed by atoms with Crippen LogP contribution < -0.4 is 5.32 Å². The van der Waals surface area contributed by atoms with Crippen LogP contribution in [0.15, 0.2) is 40.0 Å². The van der Waals surface area contributed by atoms with Gasteiger partial charge in [-0.15, -0.1) is 10.2 Å². The number of nitrogens with one attached hydrogen (secondary N) is 1. The maximum atomic E-state index is 12.5. The third-order valence-electron chi connectivity index (χ3n) is 3.88. The van der Waals surface area contributed by atoms with Crippen LogP contribution in [-0.4, -0.2) is 58.9 Å². The molecule has 0 atom stereocenters. The smallest absolute Gasteiger partial charge is 0.337 e. The number of benzene rings is 1. The van der Waals surface area contributed by atoms with Crippen LogP contribution in [0.3, 0.4) is 0 Å². The molecule has 2 aromatic rings. The molecule has 0 fully saturated rings. The predicted molar refractivity (Wildman–Crippen MR) is 90.8 cm³/mol. The molecule has 9 heteroatoms. The minimum Gasteiger partial charge on any atom is -0.466 e. The van der Waals surface area contributed by atoms with Crippen molar-refractivity contribution in [3.8, 4) is 11.5 Å². The number of carbonyl (C=O) groups is 2. The van der Waals surface area contributed by atoms with Crippen molar-refractivity contribution < 1.29 is 23.8 Å². The van der Waals surface area contributed by atoms with Gasteiger partial charge in [0.1, 0.15) is 5.70 Å². The van der Waals surface area contributed by atoms with E-state index in [4.69, 9.17) is 14.3 Å². The van der Waals surface area contributed by atoms with Crippen LogP contribution in [0.5, 0.6) is 0 Å². The Kier molecular flexibility index (Phi) is 4.99. The third-order valence-corrected chi connectivity index (χ3v) is 3.88. The first-order chi connectivity index (χ1) is 12.5. The lowest BCUT2D eigenvalue weighted by atomic mass is 10.2. The molecule has 1 aromatic carbocycles. The van der Waals surface area contributed by atoms with Crippen LogP contribution in [-0.2, 0) is 14.3 Å². The van der Waals surface area contributed by atoms with Crippen molar-refractivity contribution in [2.24, 2.45) is 0 Å². The number of amides is 1. The molecule has 0 saturated heterocycles. The zero-order valence-electron chi connectivity index (χ0n) is 14.4. The number of anilines is 1. The molecule has 136 valence electrons. The number of esters is 1. The summed E-state index contributed by atoms with van der Waals surface area (Å²) in [5.41, 5.74) is 1.72. The zero-order valence-corrected chi connectivity index (χ0v) is 14.4. The summed E-state index contributed by atoms with van der Waals surface area (Å²) in [6, 6.07) is 6.99. The van der Waals surface area contributed by atoms with Gasteiger partial charge < -0.3 is 24.5 Å². The van der Waals surface area contributed by atoms with Gasteiger partial charge in [-0.25, -0.2) is 4.79 Å². The monoisotopic (exact) mass is 358 g/mol. The summed E-state index contributed by atoms with van der Waals surface area (Å²) in [5, 5.41) is 19.8. The summed E-state index contributed by atoms with van der Waals surface area (Å²) in [6.45, 7) is 1.75. The Hall–Kier alpha value is -3.20. The average molecular weight is 358 g/mol. The number of aryl methyl sites for hydroxylation is 1. The second kappa shape index (κ2) is 7.36. The first-order valence-electron chi connectivity index (χ1n) is 7.92. The van der Waals surface area contributed by atoms with Gasteiger partial charge in [-0.05, 0) is 24.3 Å². The average Bonchev–Trinajstić information content (AvgIpc) is 3.21. The van der Waals surface area contributed by atoms with Crippen molar-refractivity contribution >= 4 is 17.6 Å². The van der Waals surface area contributed by atoms with E-state index in [1.54, 1.807) is 31.2 Å². The molecule has 0 aliphatic carbocycles. The van der Waals surface area contributed by atoms with Gasteiger partial charge in [0.15, 0.2) is 0 Å². The Balaban J connectivity index is 1.83. The van der Waals surface area contributed by atoms with Gasteiger partial charge in [-0.1, -0.05) is 0 Å². The minimum absolute atomic E-state index is 0.0910. The minimum atomic E-state index is -0.584. The summed E-state index contributed by atoms with van der Waals surface area (Å²) >= 11 is 0. The van der Waals surface area contributed by atoms with Crippen LogP contribution in [0.4, 0.5) is 5.69 Å². The number of hydrogen-bond acceptors (Lipinski definition) is 8. The predicted octanol–water partition coefficient (Wildman–Crippen LogP) is 0.719. The molecule has 2 heterocycles. The fourth-order valence-electron chi connectivity index (χ4n) is 2.60. The van der Waals surface area contributed by atoms with E-state index in [1.165, 1.54) is 12.0 Å². The van der Waals surface area contributed by atoms with E-state index < -0.39 is 5.97 Å². The molecule has 1 aromatic heterocycles. The number of methoxy groups -OCH3 is 1. The van der Waals surface area contributed by atoms with E-state index in [9.17, 15) is 9.59 Å². The fraction of sp³-hybridized carbons (Fsp3) is 0.294. The van der Waals surface area contributed by atoms with Gasteiger partial charge in [0.2, 0.25) is 11.8 Å². The maximum absolute atomic E-state index is 12.5. The topological polar surface area (TPSA) is 118 Å². The molecule has 0 saturated carbocycles. The van der Waals surface area contributed by atoms with Crippen LogP contribution in [0.2, 0.25) is 0 Å². The molecule has 0 spiro atoms. The lowest BCUT2D eigenvalue weighted by molar-refractivity contribution is -0.136. The SMILES string of the molecule is COC(=O)C1=C(Nc2ccc(-c3nnc(C)o3)cc2)C(=O)N(CCO)C1. The lowest BCUT2D eigenvalue weighted by Gasteiger charge is -2.15. The van der Waals surface area contributed by atoms with Gasteiger partial charge in [-0.3, -0.25) is 4.79 Å². The van der Waals surface area contributed by atoms with Gasteiger partial charge in [0.25, 0.3) is 5.91 Å². The highest BCUT2D eigenvalue weighted by atomic mass is 16.5. The quantitative estimate of drug-likeness (QED) is 0.725. The molecule has 26 heavy (non-hydrogen) atoms. The molecule has 0 unspecified atom stereocenters. The summed E-state index contributed by atoms with van der Waals surface area (Å²) in [7, 11) is 1.26. The molecule has 3 rings (SSSR count). The van der Waals surface area contributed by atoms with Crippen molar-refractivity contribution in [2.45, 2.75) is 6.92 Å². The molecule has 1 amide bonds. The summed E-state index contributed by atoms with van der Waals surface area (Å²) in [6.07, 6.45) is 0. The second-order valence-corrected chi connectivity index (χ2v) is 5.62. The van der Waals surface area contributed by atoms with Crippen LogP contribution in [0.25, 0.3) is 11.5 Å². The molecule has 1 aliphatic heterocycles. The highest BCUT2D eigenvalue weighted by Crippen LogP contribution is 2.25. The van der Waals surface area contributed by atoms with Crippen molar-refractivity contribution in [3.63, 3.8) is 0 Å². The third kappa shape index (κ3) is 3.42. The summed E-state index contributed by atoms with van der Waals surface area (Å²) in [5.74, 6) is -0.0829. The number of rotatable bonds is 6. The molecule has 9 nitrogen and oxygen atoms in total. The van der Waals surface area contributed by atoms with Gasteiger partial charge >= 0.3 is 5.97 Å². The Morgan fingerprint density at radius 2 is 2.08 bits per heavy atom. The standard InChI is InChI=1S/C17H18N4O5/c1-10-19-20-15(26-10)11-3-5-12(6-4-11)18-14-13(17(24)25-2)9-21(7-8-22)16(14)23/h3-6,18,22H,7-9H2,1-2H3. The first-order valence-corrected chi connectivity index (χ1v) is 7.92. The second-order valence-electron chi connectivity index (χ2n) is 5.62. The van der Waals surface area contributed by atoms with E-state index in [2.05, 4.69) is 15.5 Å². The Bertz CT molecular complexity index is 856. The zero-order chi connectivity index (χ0) is 18.7. The van der Waals surface area contributed by atoms with Gasteiger partial charge in [-0.2, -0.15) is 0 Å². The number of aliphatic hydroxyl groups is 1. The van der Waals surface area contributed by atoms with Crippen LogP contribution in [0, 0.1) is 6.92 Å². The van der Waals surface area contributed by atoms with E-state index >= 15 is 0 Å². The number of β-amino-alcohol motifs (C(OH)–C–C–N with tert-alkyl or cyclic N) is 1. The number of hydrogen-bond donors (Lipinski definition) is 2. The molecule has 1 aliphatic rings. The number of carbonyl (C=O) groups excluding carboxylic acids is 2. The van der Waals surface area contributed by atoms with Crippen molar-refractivity contribution in [3.05, 3.63) is 41.4 Å². The number of nitrogens with zero attached hydrogens (tertiary/aromatic N) is 3. The Labute approximate surface area is 149 Å². The molecule has 0 bridgehead atoms. The Morgan fingerprint density at radius 1 is 1.35 bits per heavy atom. The van der Waals surface area contributed by atoms with Gasteiger partial charge in [0.05, 0.1) is 25.8 Å². The first kappa shape index (κ1) is 17.6. The van der Waals surface area contributed by atoms with E-state index in [-0.39, 0.29) is 36.9 Å². The van der Waals surface area contributed by atoms with Gasteiger partial charge in [0, 0.05) is 24.7 Å². The highest BCUT2D eigenvalue weighted by Gasteiger charge is 2.34. The largest absolute Gasteiger partial charge is 0.466 e. The van der Waals surface area contributed by atoms with Crippen molar-refractivity contribution in [1.82, 2.24) is 15.1 Å². The Morgan fingerprint density at radius 3 is 2.65 bits per heavy atom. The summed E-state index contributed by atoms with van der Waals surface area (Å²) in [4.78, 5) is 25.8. The van der Waals surface area contributed by atoms with E-state index in [0.29, 0.717) is 17.5 Å². The fourth-order valence-corrected chi connectivity index (χ4v) is 2.60. The maximum Gasteiger partial charge on any atom is 0.337 e. The molecular weight excluding hydrogens is 340 g/mol. The van der Waals surface area contributed by atoms with E-state index in [1.807, 2.05) is 0 Å². The summed E-state index contributed by atoms with van der Waals surface area (Å²) < 4.78 is 10.1. The highest BCUT2D eigenvalue weighted by molar-refractivity contribution is 6.08. The number of aliphatic hydroxyl groups excluding tert-OH is 1.